The lowest BCUT2D eigenvalue weighted by atomic mass is 10.0. The van der Waals surface area contributed by atoms with Gasteiger partial charge in [-0.05, 0) is 17.5 Å². The largest absolute Gasteiger partial charge is 0.396 e. The number of H-pyrrole nitrogens is 1. The maximum atomic E-state index is 11.8. The molecule has 0 unspecified atom stereocenters. The minimum atomic E-state index is -1.06. The summed E-state index contributed by atoms with van der Waals surface area (Å²) in [6, 6.07) is -0.686. The number of aliphatic hydroxyl groups excluding tert-OH is 3. The average Bonchev–Trinajstić information content (AvgIpc) is 2.68. The molecule has 1 aromatic rings. The molecule has 0 radical (unpaired) electrons. The van der Waals surface area contributed by atoms with E-state index < -0.39 is 35.4 Å². The van der Waals surface area contributed by atoms with Gasteiger partial charge in [-0.25, -0.2) is 4.79 Å². The number of nitrogens with zero attached hydrogens (tertiary/aromatic N) is 1. The number of aliphatic hydroxyl groups is 3. The Balaban J connectivity index is 2.46. The lowest BCUT2D eigenvalue weighted by Crippen LogP contribution is -2.37. The molecule has 8 heteroatoms. The van der Waals surface area contributed by atoms with Gasteiger partial charge in [-0.2, -0.15) is 0 Å². The SMILES string of the molecule is O=c1[nH]c(=O)n([C@@H]2C[C@@H](O)[C@H](CO)[C@@H]2O)cc1/C=C/Br. The van der Waals surface area contributed by atoms with Crippen LogP contribution in [0.1, 0.15) is 18.0 Å². The molecule has 0 saturated heterocycles. The molecule has 0 amide bonds. The third-order valence-electron chi connectivity index (χ3n) is 3.62. The van der Waals surface area contributed by atoms with Crippen molar-refractivity contribution in [1.29, 1.82) is 0 Å². The molecule has 0 aliphatic heterocycles. The molecular formula is C12H15BrN2O5. The Labute approximate surface area is 122 Å². The Morgan fingerprint density at radius 3 is 2.70 bits per heavy atom. The van der Waals surface area contributed by atoms with Crippen LogP contribution in [0.5, 0.6) is 0 Å². The summed E-state index contributed by atoms with van der Waals surface area (Å²) in [6.07, 6.45) is 0.985. The number of nitrogens with one attached hydrogen (secondary N) is 1. The van der Waals surface area contributed by atoms with Crippen molar-refractivity contribution in [2.45, 2.75) is 24.7 Å². The van der Waals surface area contributed by atoms with Gasteiger partial charge in [0, 0.05) is 12.1 Å². The second kappa shape index (κ2) is 6.04. The summed E-state index contributed by atoms with van der Waals surface area (Å²) in [6.45, 7) is -0.370. The normalized spacial score (nSPS) is 30.2. The predicted molar refractivity (Wildman–Crippen MR) is 75.5 cm³/mol. The maximum absolute atomic E-state index is 11.8. The van der Waals surface area contributed by atoms with Gasteiger partial charge in [0.15, 0.2) is 0 Å². The van der Waals surface area contributed by atoms with E-state index in [1.165, 1.54) is 21.8 Å². The molecule has 1 fully saturated rings. The van der Waals surface area contributed by atoms with Gasteiger partial charge in [0.25, 0.3) is 5.56 Å². The summed E-state index contributed by atoms with van der Waals surface area (Å²) in [5, 5.41) is 29.0. The first kappa shape index (κ1) is 15.2. The van der Waals surface area contributed by atoms with Gasteiger partial charge in [-0.1, -0.05) is 15.9 Å². The first-order valence-electron chi connectivity index (χ1n) is 6.08. The average molecular weight is 347 g/mol. The Morgan fingerprint density at radius 1 is 1.45 bits per heavy atom. The molecule has 1 heterocycles. The van der Waals surface area contributed by atoms with Crippen LogP contribution < -0.4 is 11.2 Å². The van der Waals surface area contributed by atoms with Crippen LogP contribution in [0.25, 0.3) is 6.08 Å². The van der Waals surface area contributed by atoms with Gasteiger partial charge in [0.05, 0.1) is 30.4 Å². The number of aromatic amines is 1. The molecule has 110 valence electrons. The Kier molecular flexibility index (Phi) is 4.59. The number of hydrogen-bond acceptors (Lipinski definition) is 5. The van der Waals surface area contributed by atoms with Crippen LogP contribution in [-0.2, 0) is 0 Å². The second-order valence-corrected chi connectivity index (χ2v) is 5.28. The van der Waals surface area contributed by atoms with Gasteiger partial charge in [-0.3, -0.25) is 14.3 Å². The molecule has 1 aliphatic carbocycles. The van der Waals surface area contributed by atoms with Crippen molar-refractivity contribution in [3.8, 4) is 0 Å². The maximum Gasteiger partial charge on any atom is 0.328 e. The number of aromatic nitrogens is 2. The van der Waals surface area contributed by atoms with Crippen molar-refractivity contribution in [3.05, 3.63) is 37.6 Å². The zero-order valence-corrected chi connectivity index (χ0v) is 12.0. The van der Waals surface area contributed by atoms with Crippen molar-refractivity contribution >= 4 is 22.0 Å². The number of halogens is 1. The fraction of sp³-hybridized carbons (Fsp3) is 0.500. The zero-order valence-electron chi connectivity index (χ0n) is 10.4. The molecule has 4 atom stereocenters. The van der Waals surface area contributed by atoms with E-state index in [0.29, 0.717) is 0 Å². The summed E-state index contributed by atoms with van der Waals surface area (Å²) < 4.78 is 1.19. The van der Waals surface area contributed by atoms with Gasteiger partial charge in [-0.15, -0.1) is 0 Å². The first-order valence-corrected chi connectivity index (χ1v) is 7.00. The second-order valence-electron chi connectivity index (χ2n) is 4.75. The number of rotatable bonds is 3. The lowest BCUT2D eigenvalue weighted by Gasteiger charge is -2.20. The Hall–Kier alpha value is -1.22. The van der Waals surface area contributed by atoms with Gasteiger partial charge in [0.2, 0.25) is 0 Å². The van der Waals surface area contributed by atoms with E-state index in [1.54, 1.807) is 0 Å². The van der Waals surface area contributed by atoms with E-state index >= 15 is 0 Å². The summed E-state index contributed by atoms with van der Waals surface area (Å²) in [5.74, 6) is -0.700. The van der Waals surface area contributed by atoms with Crippen molar-refractivity contribution in [1.82, 2.24) is 9.55 Å². The molecule has 1 aliphatic rings. The zero-order chi connectivity index (χ0) is 14.9. The van der Waals surface area contributed by atoms with Crippen molar-refractivity contribution in [2.24, 2.45) is 5.92 Å². The van der Waals surface area contributed by atoms with Crippen molar-refractivity contribution in [3.63, 3.8) is 0 Å². The standard InChI is InChI=1S/C12H15BrN2O5/c13-2-1-6-4-15(12(20)14-11(6)19)8-3-9(17)7(5-16)10(8)18/h1-2,4,7-10,16-18H,3,5H2,(H,14,19,20)/b2-1+/t7-,8+,9+,10-/m0/s1. The van der Waals surface area contributed by atoms with Crippen molar-refractivity contribution < 1.29 is 15.3 Å². The van der Waals surface area contributed by atoms with E-state index in [2.05, 4.69) is 20.9 Å². The summed E-state index contributed by atoms with van der Waals surface area (Å²) in [4.78, 5) is 27.1. The van der Waals surface area contributed by atoms with Gasteiger partial charge < -0.3 is 15.3 Å². The predicted octanol–water partition coefficient (Wildman–Crippen LogP) is -0.823. The quantitative estimate of drug-likeness (QED) is 0.570. The third kappa shape index (κ3) is 2.64. The first-order chi connectivity index (χ1) is 9.49. The molecule has 1 aromatic heterocycles. The third-order valence-corrected chi connectivity index (χ3v) is 3.88. The molecule has 1 saturated carbocycles. The van der Waals surface area contributed by atoms with E-state index in [0.717, 1.165) is 0 Å². The highest BCUT2D eigenvalue weighted by molar-refractivity contribution is 9.11. The van der Waals surface area contributed by atoms with Crippen LogP contribution in [0.15, 0.2) is 20.8 Å². The fourth-order valence-electron chi connectivity index (χ4n) is 2.52. The highest BCUT2D eigenvalue weighted by Crippen LogP contribution is 2.34. The number of hydrogen-bond donors (Lipinski definition) is 4. The topological polar surface area (TPSA) is 116 Å². The van der Waals surface area contributed by atoms with E-state index in [9.17, 15) is 19.8 Å². The minimum absolute atomic E-state index is 0.135. The van der Waals surface area contributed by atoms with Gasteiger partial charge in [0.1, 0.15) is 0 Å². The van der Waals surface area contributed by atoms with Crippen LogP contribution in [0.4, 0.5) is 0 Å². The summed E-state index contributed by atoms with van der Waals surface area (Å²) in [7, 11) is 0. The van der Waals surface area contributed by atoms with E-state index in [4.69, 9.17) is 5.11 Å². The van der Waals surface area contributed by atoms with Crippen LogP contribution in [-0.4, -0.2) is 43.7 Å². The minimum Gasteiger partial charge on any atom is -0.396 e. The summed E-state index contributed by atoms with van der Waals surface area (Å²) >= 11 is 3.05. The fourth-order valence-corrected chi connectivity index (χ4v) is 2.80. The van der Waals surface area contributed by atoms with Gasteiger partial charge >= 0.3 is 5.69 Å². The Bertz CT molecular complexity index is 623. The highest BCUT2D eigenvalue weighted by Gasteiger charge is 2.42. The Morgan fingerprint density at radius 2 is 2.15 bits per heavy atom. The molecule has 0 spiro atoms. The summed E-state index contributed by atoms with van der Waals surface area (Å²) in [5.41, 5.74) is -0.944. The molecule has 4 N–H and O–H groups in total. The molecule has 2 rings (SSSR count). The highest BCUT2D eigenvalue weighted by atomic mass is 79.9. The molecule has 7 nitrogen and oxygen atoms in total. The monoisotopic (exact) mass is 346 g/mol. The molecule has 20 heavy (non-hydrogen) atoms. The smallest absolute Gasteiger partial charge is 0.328 e. The molecule has 0 bridgehead atoms. The van der Waals surface area contributed by atoms with E-state index in [1.807, 2.05) is 0 Å². The van der Waals surface area contributed by atoms with E-state index in [-0.39, 0.29) is 18.6 Å². The lowest BCUT2D eigenvalue weighted by molar-refractivity contribution is 0.0207. The molecule has 0 aromatic carbocycles. The van der Waals surface area contributed by atoms with Crippen LogP contribution in [0.2, 0.25) is 0 Å². The molecular weight excluding hydrogens is 332 g/mol. The van der Waals surface area contributed by atoms with Crippen LogP contribution in [0, 0.1) is 5.92 Å². The van der Waals surface area contributed by atoms with Crippen LogP contribution >= 0.6 is 15.9 Å². The van der Waals surface area contributed by atoms with Crippen LogP contribution in [0.3, 0.4) is 0 Å². The van der Waals surface area contributed by atoms with Crippen molar-refractivity contribution in [2.75, 3.05) is 6.61 Å².